The number of rotatable bonds is 6. The first-order valence-electron chi connectivity index (χ1n) is 9.28. The van der Waals surface area contributed by atoms with Gasteiger partial charge in [0, 0.05) is 18.7 Å². The van der Waals surface area contributed by atoms with E-state index in [9.17, 15) is 13.2 Å². The summed E-state index contributed by atoms with van der Waals surface area (Å²) in [5.41, 5.74) is 5.37. The Bertz CT molecular complexity index is 934. The van der Waals surface area contributed by atoms with Gasteiger partial charge in [0.05, 0.1) is 5.25 Å². The van der Waals surface area contributed by atoms with Gasteiger partial charge in [-0.2, -0.15) is 0 Å². The highest BCUT2D eigenvalue weighted by Gasteiger charge is 2.17. The predicted octanol–water partition coefficient (Wildman–Crippen LogP) is 3.67. The Labute approximate surface area is 161 Å². The standard InChI is InChI=1S/C21H26N2O3S/c1-14(2)27(25,26)22-13-15(3)16-4-6-17(7-5-16)18-8-10-20-19(12-18)9-11-21(24)23-20/h4-8,10,12,14-15,22H,9,11,13H2,1-3H3,(H,23,24). The van der Waals surface area contributed by atoms with Crippen molar-refractivity contribution in [1.29, 1.82) is 0 Å². The number of hydrogen-bond acceptors (Lipinski definition) is 3. The molecule has 6 heteroatoms. The van der Waals surface area contributed by atoms with E-state index < -0.39 is 15.3 Å². The van der Waals surface area contributed by atoms with Gasteiger partial charge in [-0.05, 0) is 60.6 Å². The maximum atomic E-state index is 11.9. The van der Waals surface area contributed by atoms with Crippen molar-refractivity contribution in [3.05, 3.63) is 53.6 Å². The smallest absolute Gasteiger partial charge is 0.224 e. The zero-order valence-corrected chi connectivity index (χ0v) is 16.8. The minimum Gasteiger partial charge on any atom is -0.326 e. The second kappa shape index (κ2) is 7.82. The van der Waals surface area contributed by atoms with Gasteiger partial charge in [0.15, 0.2) is 0 Å². The fraction of sp³-hybridized carbons (Fsp3) is 0.381. The van der Waals surface area contributed by atoms with Gasteiger partial charge in [0.1, 0.15) is 0 Å². The Morgan fingerprint density at radius 1 is 1.00 bits per heavy atom. The number of fused-ring (bicyclic) bond motifs is 1. The molecule has 0 aromatic heterocycles. The van der Waals surface area contributed by atoms with Crippen molar-refractivity contribution in [3.63, 3.8) is 0 Å². The van der Waals surface area contributed by atoms with Crippen LogP contribution in [0.15, 0.2) is 42.5 Å². The van der Waals surface area contributed by atoms with E-state index in [0.717, 1.165) is 34.4 Å². The van der Waals surface area contributed by atoms with Crippen LogP contribution in [0.4, 0.5) is 5.69 Å². The highest BCUT2D eigenvalue weighted by molar-refractivity contribution is 7.90. The highest BCUT2D eigenvalue weighted by atomic mass is 32.2. The molecular formula is C21H26N2O3S. The summed E-state index contributed by atoms with van der Waals surface area (Å²) in [7, 11) is -3.25. The highest BCUT2D eigenvalue weighted by Crippen LogP contribution is 2.29. The number of amides is 1. The number of aryl methyl sites for hydroxylation is 1. The van der Waals surface area contributed by atoms with Gasteiger partial charge in [0.2, 0.25) is 15.9 Å². The molecule has 144 valence electrons. The van der Waals surface area contributed by atoms with Crippen LogP contribution in [0.2, 0.25) is 0 Å². The number of hydrogen-bond donors (Lipinski definition) is 2. The van der Waals surface area contributed by atoms with Gasteiger partial charge in [-0.1, -0.05) is 37.3 Å². The fourth-order valence-corrected chi connectivity index (χ4v) is 3.91. The second-order valence-electron chi connectivity index (χ2n) is 7.39. The molecule has 0 saturated carbocycles. The first-order valence-corrected chi connectivity index (χ1v) is 10.8. The van der Waals surface area contributed by atoms with Crippen LogP contribution in [0.3, 0.4) is 0 Å². The number of carbonyl (C=O) groups excluding carboxylic acids is 1. The lowest BCUT2D eigenvalue weighted by Gasteiger charge is -2.18. The van der Waals surface area contributed by atoms with E-state index in [1.807, 2.05) is 31.2 Å². The van der Waals surface area contributed by atoms with E-state index in [4.69, 9.17) is 0 Å². The Balaban J connectivity index is 1.71. The minimum absolute atomic E-state index is 0.0710. The molecule has 1 unspecified atom stereocenters. The third-order valence-electron chi connectivity index (χ3n) is 5.03. The molecule has 0 radical (unpaired) electrons. The third kappa shape index (κ3) is 4.57. The van der Waals surface area contributed by atoms with Crippen molar-refractivity contribution in [1.82, 2.24) is 4.72 Å². The minimum atomic E-state index is -3.25. The molecule has 2 aromatic rings. The lowest BCUT2D eigenvalue weighted by atomic mass is 9.94. The molecule has 27 heavy (non-hydrogen) atoms. The summed E-state index contributed by atoms with van der Waals surface area (Å²) >= 11 is 0. The summed E-state index contributed by atoms with van der Waals surface area (Å²) in [6.07, 6.45) is 1.29. The fourth-order valence-electron chi connectivity index (χ4n) is 3.09. The number of sulfonamides is 1. The van der Waals surface area contributed by atoms with Crippen LogP contribution in [0.25, 0.3) is 11.1 Å². The first kappa shape index (κ1) is 19.6. The maximum absolute atomic E-state index is 11.9. The molecule has 0 saturated heterocycles. The summed E-state index contributed by atoms with van der Waals surface area (Å²) in [4.78, 5) is 11.5. The molecule has 0 aliphatic carbocycles. The average molecular weight is 387 g/mol. The SMILES string of the molecule is CC(CNS(=O)(=O)C(C)C)c1ccc(-c2ccc3c(c2)CCC(=O)N3)cc1. The molecule has 0 fully saturated rings. The molecule has 0 bridgehead atoms. The van der Waals surface area contributed by atoms with E-state index in [1.165, 1.54) is 0 Å². The van der Waals surface area contributed by atoms with Gasteiger partial charge >= 0.3 is 0 Å². The molecule has 1 aliphatic rings. The van der Waals surface area contributed by atoms with Crippen LogP contribution in [0.5, 0.6) is 0 Å². The molecular weight excluding hydrogens is 360 g/mol. The first-order chi connectivity index (χ1) is 12.8. The monoisotopic (exact) mass is 386 g/mol. The van der Waals surface area contributed by atoms with E-state index >= 15 is 0 Å². The van der Waals surface area contributed by atoms with Crippen molar-refractivity contribution in [3.8, 4) is 11.1 Å². The lowest BCUT2D eigenvalue weighted by Crippen LogP contribution is -2.33. The Morgan fingerprint density at radius 2 is 1.67 bits per heavy atom. The van der Waals surface area contributed by atoms with Crippen molar-refractivity contribution < 1.29 is 13.2 Å². The Kier molecular flexibility index (Phi) is 5.67. The quantitative estimate of drug-likeness (QED) is 0.795. The largest absolute Gasteiger partial charge is 0.326 e. The predicted molar refractivity (Wildman–Crippen MR) is 109 cm³/mol. The van der Waals surface area contributed by atoms with E-state index in [2.05, 4.69) is 28.2 Å². The molecule has 2 aromatic carbocycles. The average Bonchev–Trinajstić information content (AvgIpc) is 2.65. The van der Waals surface area contributed by atoms with Gasteiger partial charge in [0.25, 0.3) is 0 Å². The van der Waals surface area contributed by atoms with Gasteiger partial charge < -0.3 is 5.32 Å². The number of nitrogens with one attached hydrogen (secondary N) is 2. The summed E-state index contributed by atoms with van der Waals surface area (Å²) in [5, 5.41) is 2.47. The van der Waals surface area contributed by atoms with Crippen molar-refractivity contribution >= 4 is 21.6 Å². The summed E-state index contributed by atoms with van der Waals surface area (Å²) < 4.78 is 26.5. The molecule has 0 spiro atoms. The van der Waals surface area contributed by atoms with E-state index in [-0.39, 0.29) is 11.8 Å². The summed E-state index contributed by atoms with van der Waals surface area (Å²) in [6.45, 7) is 5.75. The molecule has 1 atom stereocenters. The molecule has 1 amide bonds. The molecule has 1 aliphatic heterocycles. The van der Waals surface area contributed by atoms with Crippen LogP contribution < -0.4 is 10.0 Å². The van der Waals surface area contributed by atoms with Crippen molar-refractivity contribution in [2.75, 3.05) is 11.9 Å². The molecule has 1 heterocycles. The number of carbonyl (C=O) groups is 1. The maximum Gasteiger partial charge on any atom is 0.224 e. The van der Waals surface area contributed by atoms with E-state index in [0.29, 0.717) is 13.0 Å². The summed E-state index contributed by atoms with van der Waals surface area (Å²) in [6, 6.07) is 14.3. The third-order valence-corrected chi connectivity index (χ3v) is 6.84. The molecule has 5 nitrogen and oxygen atoms in total. The Hall–Kier alpha value is -2.18. The van der Waals surface area contributed by atoms with Crippen LogP contribution in [0, 0.1) is 0 Å². The Morgan fingerprint density at radius 3 is 2.33 bits per heavy atom. The van der Waals surface area contributed by atoms with Crippen LogP contribution in [-0.4, -0.2) is 26.1 Å². The van der Waals surface area contributed by atoms with Gasteiger partial charge in [-0.25, -0.2) is 13.1 Å². The lowest BCUT2D eigenvalue weighted by molar-refractivity contribution is -0.116. The number of anilines is 1. The zero-order valence-electron chi connectivity index (χ0n) is 16.0. The summed E-state index contributed by atoms with van der Waals surface area (Å²) in [5.74, 6) is 0.160. The second-order valence-corrected chi connectivity index (χ2v) is 9.71. The van der Waals surface area contributed by atoms with Gasteiger partial charge in [-0.3, -0.25) is 4.79 Å². The number of benzene rings is 2. The topological polar surface area (TPSA) is 75.3 Å². The zero-order chi connectivity index (χ0) is 19.6. The van der Waals surface area contributed by atoms with Crippen LogP contribution in [0.1, 0.15) is 44.2 Å². The van der Waals surface area contributed by atoms with Crippen LogP contribution in [-0.2, 0) is 21.2 Å². The molecule has 3 rings (SSSR count). The molecule has 2 N–H and O–H groups in total. The van der Waals surface area contributed by atoms with Crippen molar-refractivity contribution in [2.45, 2.75) is 44.8 Å². The van der Waals surface area contributed by atoms with E-state index in [1.54, 1.807) is 13.8 Å². The normalized spacial score (nSPS) is 15.3. The van der Waals surface area contributed by atoms with Crippen LogP contribution >= 0.6 is 0 Å². The van der Waals surface area contributed by atoms with Crippen molar-refractivity contribution in [2.24, 2.45) is 0 Å². The van der Waals surface area contributed by atoms with Gasteiger partial charge in [-0.15, -0.1) is 0 Å².